The smallest absolute Gasteiger partial charge is 0.227 e. The summed E-state index contributed by atoms with van der Waals surface area (Å²) in [5, 5.41) is 10.2. The van der Waals surface area contributed by atoms with Gasteiger partial charge in [-0.15, -0.1) is 0 Å². The Bertz CT molecular complexity index is 672. The maximum absolute atomic E-state index is 11.5. The van der Waals surface area contributed by atoms with Crippen molar-refractivity contribution in [3.63, 3.8) is 0 Å². The zero-order valence-corrected chi connectivity index (χ0v) is 10.9. The fourth-order valence-electron chi connectivity index (χ4n) is 2.57. The number of nitrogens with zero attached hydrogens (tertiary/aromatic N) is 1. The highest BCUT2D eigenvalue weighted by molar-refractivity contribution is 6.57. The van der Waals surface area contributed by atoms with Gasteiger partial charge in [-0.25, -0.2) is 0 Å². The number of ether oxygens (including phenoxy) is 2. The number of Topliss-reactive ketones (excluding diaryl/α,β-unsaturated/α-hetero) is 2. The molecule has 1 unspecified atom stereocenters. The quantitative estimate of drug-likeness (QED) is 0.523. The van der Waals surface area contributed by atoms with Gasteiger partial charge in [0.1, 0.15) is 6.10 Å². The molecule has 2 aliphatic rings. The molecule has 0 bridgehead atoms. The van der Waals surface area contributed by atoms with Gasteiger partial charge in [0.15, 0.2) is 0 Å². The third-order valence-electron chi connectivity index (χ3n) is 3.47. The monoisotopic (exact) mass is 277 g/mol. The summed E-state index contributed by atoms with van der Waals surface area (Å²) >= 11 is 0. The van der Waals surface area contributed by atoms with Gasteiger partial charge in [0, 0.05) is 17.8 Å². The Morgan fingerprint density at radius 3 is 2.95 bits per heavy atom. The van der Waals surface area contributed by atoms with Crippen molar-refractivity contribution in [1.29, 1.82) is 0 Å². The van der Waals surface area contributed by atoms with Crippen LogP contribution in [-0.2, 0) is 25.6 Å². The summed E-state index contributed by atoms with van der Waals surface area (Å²) < 4.78 is 13.0. The third-order valence-corrected chi connectivity index (χ3v) is 3.47. The first-order chi connectivity index (χ1) is 9.70. The van der Waals surface area contributed by atoms with Crippen molar-refractivity contribution in [2.45, 2.75) is 12.6 Å². The van der Waals surface area contributed by atoms with E-state index >= 15 is 0 Å². The second-order valence-corrected chi connectivity index (χ2v) is 4.74. The molecule has 106 valence electrons. The van der Waals surface area contributed by atoms with Gasteiger partial charge in [-0.2, -0.15) is 0 Å². The van der Waals surface area contributed by atoms with Gasteiger partial charge in [0.2, 0.25) is 11.6 Å². The molecule has 1 aromatic heterocycles. The lowest BCUT2D eigenvalue weighted by molar-refractivity contribution is -0.129. The number of carbonyl (C=O) groups is 2. The van der Waals surface area contributed by atoms with Crippen LogP contribution in [0.5, 0.6) is 0 Å². The Labute approximate surface area is 114 Å². The predicted octanol–water partition coefficient (Wildman–Crippen LogP) is -1.72. The minimum atomic E-state index is -0.491. The molecule has 0 fully saturated rings. The Hall–Kier alpha value is -1.76. The van der Waals surface area contributed by atoms with E-state index in [2.05, 4.69) is 0 Å². The summed E-state index contributed by atoms with van der Waals surface area (Å²) in [6.45, 7) is 1.74. The number of rotatable bonds is 4. The molecule has 6 nitrogen and oxygen atoms in total. The van der Waals surface area contributed by atoms with E-state index < -0.39 is 11.6 Å². The molecule has 0 saturated carbocycles. The fraction of sp³-hybridized carbons (Fsp3) is 0.429. The molecule has 6 heteroatoms. The number of carbonyl (C=O) groups excluding carboxylic acids is 2. The summed E-state index contributed by atoms with van der Waals surface area (Å²) in [6, 6.07) is 1.86. The van der Waals surface area contributed by atoms with E-state index in [0.29, 0.717) is 19.8 Å². The third kappa shape index (κ3) is 2.22. The van der Waals surface area contributed by atoms with Crippen molar-refractivity contribution in [1.82, 2.24) is 4.57 Å². The maximum Gasteiger partial charge on any atom is 0.227 e. The van der Waals surface area contributed by atoms with E-state index in [4.69, 9.17) is 14.6 Å². The summed E-state index contributed by atoms with van der Waals surface area (Å²) in [7, 11) is 0. The van der Waals surface area contributed by atoms with Crippen LogP contribution in [0.25, 0.3) is 12.2 Å². The molecular weight excluding hydrogens is 262 g/mol. The Morgan fingerprint density at radius 2 is 2.15 bits per heavy atom. The van der Waals surface area contributed by atoms with Crippen LogP contribution in [0.3, 0.4) is 0 Å². The zero-order valence-electron chi connectivity index (χ0n) is 10.9. The molecule has 1 aromatic rings. The number of aromatic nitrogens is 1. The molecular formula is C14H15NO5. The Morgan fingerprint density at radius 1 is 1.35 bits per heavy atom. The fourth-order valence-corrected chi connectivity index (χ4v) is 2.57. The van der Waals surface area contributed by atoms with Gasteiger partial charge >= 0.3 is 0 Å². The van der Waals surface area contributed by atoms with Crippen LogP contribution in [0.4, 0.5) is 0 Å². The topological polar surface area (TPSA) is 77.8 Å². The molecule has 3 rings (SSSR count). The lowest BCUT2D eigenvalue weighted by Gasteiger charge is -2.25. The zero-order chi connectivity index (χ0) is 14.1. The summed E-state index contributed by atoms with van der Waals surface area (Å²) in [5.74, 6) is -0.979. The van der Waals surface area contributed by atoms with E-state index in [1.54, 1.807) is 0 Å². The second kappa shape index (κ2) is 5.32. The number of ketones is 2. The molecule has 1 N–H and O–H groups in total. The van der Waals surface area contributed by atoms with Gasteiger partial charge in [0.05, 0.1) is 37.5 Å². The Balaban J connectivity index is 1.99. The number of fused-ring (bicyclic) bond motifs is 3. The van der Waals surface area contributed by atoms with Crippen LogP contribution < -0.4 is 10.6 Å². The Kier molecular flexibility index (Phi) is 3.52. The molecule has 0 radical (unpaired) electrons. The van der Waals surface area contributed by atoms with Gasteiger partial charge < -0.3 is 19.1 Å². The number of hydrogen-bond acceptors (Lipinski definition) is 5. The van der Waals surface area contributed by atoms with Crippen LogP contribution in [-0.4, -0.2) is 47.7 Å². The summed E-state index contributed by atoms with van der Waals surface area (Å²) in [5.41, 5.74) is 0.897. The molecule has 1 aliphatic carbocycles. The lowest BCUT2D eigenvalue weighted by Crippen LogP contribution is -2.38. The minimum absolute atomic E-state index is 0.0329. The molecule has 20 heavy (non-hydrogen) atoms. The van der Waals surface area contributed by atoms with Crippen LogP contribution in [0.15, 0.2) is 6.07 Å². The van der Waals surface area contributed by atoms with Crippen LogP contribution in [0, 0.1) is 0 Å². The van der Waals surface area contributed by atoms with Gasteiger partial charge in [-0.05, 0) is 12.1 Å². The molecule has 0 spiro atoms. The molecule has 0 aromatic carbocycles. The number of hydrogen-bond donors (Lipinski definition) is 1. The molecule has 0 amide bonds. The largest absolute Gasteiger partial charge is 0.394 e. The van der Waals surface area contributed by atoms with Gasteiger partial charge in [0.25, 0.3) is 0 Å². The van der Waals surface area contributed by atoms with Crippen molar-refractivity contribution in [3.8, 4) is 0 Å². The van der Waals surface area contributed by atoms with Gasteiger partial charge in [-0.3, -0.25) is 9.59 Å². The molecule has 1 atom stereocenters. The average molecular weight is 277 g/mol. The summed E-state index contributed by atoms with van der Waals surface area (Å²) in [6.07, 6.45) is 2.51. The lowest BCUT2D eigenvalue weighted by atomic mass is 10.1. The van der Waals surface area contributed by atoms with Crippen molar-refractivity contribution < 1.29 is 24.2 Å². The van der Waals surface area contributed by atoms with Crippen LogP contribution >= 0.6 is 0 Å². The van der Waals surface area contributed by atoms with Crippen molar-refractivity contribution in [2.24, 2.45) is 0 Å². The highest BCUT2D eigenvalue weighted by Gasteiger charge is 2.24. The summed E-state index contributed by atoms with van der Waals surface area (Å²) in [4.78, 5) is 22.9. The van der Waals surface area contributed by atoms with E-state index in [1.165, 1.54) is 12.2 Å². The van der Waals surface area contributed by atoms with E-state index in [0.717, 1.165) is 16.3 Å². The van der Waals surface area contributed by atoms with Crippen LogP contribution in [0.1, 0.15) is 11.8 Å². The first-order valence-corrected chi connectivity index (χ1v) is 6.52. The minimum Gasteiger partial charge on any atom is -0.394 e. The molecule has 2 heterocycles. The van der Waals surface area contributed by atoms with Gasteiger partial charge in [-0.1, -0.05) is 0 Å². The first-order valence-electron chi connectivity index (χ1n) is 6.52. The van der Waals surface area contributed by atoms with E-state index in [1.807, 2.05) is 10.6 Å². The van der Waals surface area contributed by atoms with Crippen molar-refractivity contribution in [3.05, 3.63) is 22.3 Å². The normalized spacial score (nSPS) is 20.9. The van der Waals surface area contributed by atoms with E-state index in [9.17, 15) is 9.59 Å². The van der Waals surface area contributed by atoms with Crippen LogP contribution in [0.2, 0.25) is 0 Å². The highest BCUT2D eigenvalue weighted by Crippen LogP contribution is 2.20. The standard InChI is InChI=1S/C14H15NO5/c16-2-4-19-8-14-11-5-9-6-12(17)13(18)7-10(9)15(11)1-3-20-14/h5-7,14,16H,1-4,8H2. The second-order valence-electron chi connectivity index (χ2n) is 4.74. The highest BCUT2D eigenvalue weighted by atomic mass is 16.5. The van der Waals surface area contributed by atoms with E-state index in [-0.39, 0.29) is 19.3 Å². The first kappa shape index (κ1) is 13.2. The van der Waals surface area contributed by atoms with Crippen molar-refractivity contribution >= 4 is 23.7 Å². The van der Waals surface area contributed by atoms with Crippen molar-refractivity contribution in [2.75, 3.05) is 26.4 Å². The number of aliphatic hydroxyl groups is 1. The average Bonchev–Trinajstić information content (AvgIpc) is 2.78. The SMILES string of the molecule is O=C1C=c2cc3n(c2=CC1=O)CCOC3COCCO. The maximum atomic E-state index is 11.5. The molecule has 1 aliphatic heterocycles. The molecule has 0 saturated heterocycles. The predicted molar refractivity (Wildman–Crippen MR) is 69.2 cm³/mol. The number of aliphatic hydroxyl groups excluding tert-OH is 1.